The van der Waals surface area contributed by atoms with Crippen molar-refractivity contribution in [3.8, 4) is 11.8 Å². The van der Waals surface area contributed by atoms with Crippen LogP contribution in [0.25, 0.3) is 0 Å². The lowest BCUT2D eigenvalue weighted by Crippen LogP contribution is -2.48. The zero-order valence-corrected chi connectivity index (χ0v) is 24.9. The Morgan fingerprint density at radius 3 is 2.33 bits per heavy atom. The lowest BCUT2D eigenvalue weighted by molar-refractivity contribution is -0.137. The number of methoxy groups -OCH3 is 1. The number of esters is 1. The van der Waals surface area contributed by atoms with Crippen molar-refractivity contribution < 1.29 is 18.8 Å². The Balaban J connectivity index is 2.08. The molecule has 1 aromatic carbocycles. The van der Waals surface area contributed by atoms with E-state index >= 15 is 0 Å². The SMILES string of the molecule is COC(=O)c1ccc(CCN2C(=O)CCN2CC#CC(C)(CCC(C)C)O[Si](C)(C)C(C)(C)C)cc1. The van der Waals surface area contributed by atoms with Crippen LogP contribution in [-0.4, -0.2) is 62.6 Å². The summed E-state index contributed by atoms with van der Waals surface area (Å²) < 4.78 is 11.6. The molecule has 1 fully saturated rings. The Morgan fingerprint density at radius 1 is 1.14 bits per heavy atom. The zero-order valence-electron chi connectivity index (χ0n) is 23.9. The summed E-state index contributed by atoms with van der Waals surface area (Å²) >= 11 is 0. The van der Waals surface area contributed by atoms with Crippen LogP contribution < -0.4 is 0 Å². The van der Waals surface area contributed by atoms with Crippen molar-refractivity contribution in [1.29, 1.82) is 0 Å². The fourth-order valence-electron chi connectivity index (χ4n) is 3.96. The summed E-state index contributed by atoms with van der Waals surface area (Å²) in [6, 6.07) is 7.35. The number of carbonyl (C=O) groups is 2. The van der Waals surface area contributed by atoms with Crippen LogP contribution in [-0.2, 0) is 20.4 Å². The van der Waals surface area contributed by atoms with E-state index in [2.05, 4.69) is 66.5 Å². The van der Waals surface area contributed by atoms with Crippen molar-refractivity contribution in [2.75, 3.05) is 26.7 Å². The third-order valence-corrected chi connectivity index (χ3v) is 11.9. The number of hydrazine groups is 1. The van der Waals surface area contributed by atoms with E-state index in [1.54, 1.807) is 12.1 Å². The van der Waals surface area contributed by atoms with Gasteiger partial charge in [0.1, 0.15) is 5.60 Å². The molecular weight excluding hydrogens is 468 g/mol. The molecule has 1 aromatic rings. The molecule has 0 saturated carbocycles. The van der Waals surface area contributed by atoms with E-state index < -0.39 is 13.9 Å². The van der Waals surface area contributed by atoms with E-state index in [9.17, 15) is 9.59 Å². The molecule has 7 heteroatoms. The maximum absolute atomic E-state index is 12.6. The number of amides is 1. The third kappa shape index (κ3) is 8.47. The molecule has 36 heavy (non-hydrogen) atoms. The molecule has 2 rings (SSSR count). The van der Waals surface area contributed by atoms with Gasteiger partial charge in [-0.15, -0.1) is 0 Å². The highest BCUT2D eigenvalue weighted by Crippen LogP contribution is 2.40. The van der Waals surface area contributed by atoms with E-state index in [1.807, 2.05) is 22.2 Å². The summed E-state index contributed by atoms with van der Waals surface area (Å²) in [6.07, 6.45) is 3.17. The lowest BCUT2D eigenvalue weighted by atomic mass is 9.96. The van der Waals surface area contributed by atoms with Crippen LogP contribution in [0.3, 0.4) is 0 Å². The maximum atomic E-state index is 12.6. The number of ether oxygens (including phenoxy) is 1. The summed E-state index contributed by atoms with van der Waals surface area (Å²) in [4.78, 5) is 24.2. The van der Waals surface area contributed by atoms with Crippen LogP contribution in [0.15, 0.2) is 24.3 Å². The van der Waals surface area contributed by atoms with E-state index in [4.69, 9.17) is 9.16 Å². The van der Waals surface area contributed by atoms with E-state index in [-0.39, 0.29) is 16.9 Å². The lowest BCUT2D eigenvalue weighted by Gasteiger charge is -2.42. The second-order valence-corrected chi connectivity index (χ2v) is 16.6. The minimum absolute atomic E-state index is 0.112. The van der Waals surface area contributed by atoms with Crippen LogP contribution in [0.5, 0.6) is 0 Å². The number of rotatable bonds is 10. The van der Waals surface area contributed by atoms with Crippen molar-refractivity contribution in [2.24, 2.45) is 5.92 Å². The molecule has 0 aliphatic carbocycles. The van der Waals surface area contributed by atoms with E-state index in [1.165, 1.54) is 7.11 Å². The maximum Gasteiger partial charge on any atom is 0.337 e. The Bertz CT molecular complexity index is 956. The Kier molecular flexibility index (Phi) is 10.4. The molecule has 0 bridgehead atoms. The third-order valence-electron chi connectivity index (χ3n) is 7.30. The normalized spacial score (nSPS) is 16.6. The summed E-state index contributed by atoms with van der Waals surface area (Å²) in [5, 5.41) is 3.98. The predicted molar refractivity (Wildman–Crippen MR) is 148 cm³/mol. The van der Waals surface area contributed by atoms with Gasteiger partial charge in [0.05, 0.1) is 19.2 Å². The molecule has 1 aliphatic rings. The van der Waals surface area contributed by atoms with Gasteiger partial charge in [-0.25, -0.2) is 9.80 Å². The molecule has 1 amide bonds. The molecule has 0 N–H and O–H groups in total. The largest absolute Gasteiger partial charge is 0.465 e. The Morgan fingerprint density at radius 2 is 1.78 bits per heavy atom. The van der Waals surface area contributed by atoms with Gasteiger partial charge in [0, 0.05) is 19.5 Å². The Labute approximate surface area is 219 Å². The highest BCUT2D eigenvalue weighted by molar-refractivity contribution is 6.74. The van der Waals surface area contributed by atoms with Crippen molar-refractivity contribution in [2.45, 2.75) is 91.0 Å². The molecule has 0 spiro atoms. The van der Waals surface area contributed by atoms with Gasteiger partial charge in [-0.05, 0) is 67.9 Å². The quantitative estimate of drug-likeness (QED) is 0.228. The van der Waals surface area contributed by atoms with Crippen LogP contribution in [0.2, 0.25) is 18.1 Å². The molecule has 1 saturated heterocycles. The summed E-state index contributed by atoms with van der Waals surface area (Å²) in [5.74, 6) is 7.21. The van der Waals surface area contributed by atoms with Crippen molar-refractivity contribution in [3.05, 3.63) is 35.4 Å². The molecule has 200 valence electrons. The fourth-order valence-corrected chi connectivity index (χ4v) is 5.55. The van der Waals surface area contributed by atoms with Gasteiger partial charge in [0.2, 0.25) is 5.91 Å². The molecule has 0 radical (unpaired) electrons. The average Bonchev–Trinajstić information content (AvgIpc) is 3.14. The first-order valence-electron chi connectivity index (χ1n) is 13.1. The molecule has 0 aromatic heterocycles. The van der Waals surface area contributed by atoms with Gasteiger partial charge in [-0.1, -0.05) is 58.6 Å². The number of hydrogen-bond acceptors (Lipinski definition) is 5. The van der Waals surface area contributed by atoms with Crippen molar-refractivity contribution in [3.63, 3.8) is 0 Å². The number of carbonyl (C=O) groups excluding carboxylic acids is 2. The molecular formula is C29H46N2O4Si. The van der Waals surface area contributed by atoms with Crippen LogP contribution in [0.1, 0.15) is 76.7 Å². The number of nitrogens with zero attached hydrogens (tertiary/aromatic N) is 2. The molecule has 1 aliphatic heterocycles. The molecule has 1 unspecified atom stereocenters. The van der Waals surface area contributed by atoms with Gasteiger partial charge in [-0.2, -0.15) is 0 Å². The average molecular weight is 515 g/mol. The van der Waals surface area contributed by atoms with Crippen molar-refractivity contribution >= 4 is 20.2 Å². The highest BCUT2D eigenvalue weighted by Gasteiger charge is 2.42. The van der Waals surface area contributed by atoms with Gasteiger partial charge >= 0.3 is 5.97 Å². The Hall–Kier alpha value is -2.14. The summed E-state index contributed by atoms with van der Waals surface area (Å²) in [7, 11) is -0.618. The van der Waals surface area contributed by atoms with Crippen LogP contribution >= 0.6 is 0 Å². The highest BCUT2D eigenvalue weighted by atomic mass is 28.4. The monoisotopic (exact) mass is 514 g/mol. The minimum Gasteiger partial charge on any atom is -0.465 e. The minimum atomic E-state index is -1.99. The van der Waals surface area contributed by atoms with Crippen LogP contribution in [0.4, 0.5) is 0 Å². The van der Waals surface area contributed by atoms with Gasteiger partial charge in [-0.3, -0.25) is 9.80 Å². The first kappa shape index (κ1) is 30.1. The van der Waals surface area contributed by atoms with E-state index in [0.717, 1.165) is 18.4 Å². The summed E-state index contributed by atoms with van der Waals surface area (Å²) in [6.45, 7) is 19.7. The second kappa shape index (κ2) is 12.4. The smallest absolute Gasteiger partial charge is 0.337 e. The second-order valence-electron chi connectivity index (χ2n) is 11.9. The molecule has 1 heterocycles. The first-order valence-corrected chi connectivity index (χ1v) is 16.0. The van der Waals surface area contributed by atoms with Gasteiger partial charge in [0.15, 0.2) is 8.32 Å². The summed E-state index contributed by atoms with van der Waals surface area (Å²) in [5.41, 5.74) is 1.09. The number of hydrogen-bond donors (Lipinski definition) is 0. The topological polar surface area (TPSA) is 59.1 Å². The van der Waals surface area contributed by atoms with Crippen molar-refractivity contribution in [1.82, 2.24) is 10.0 Å². The number of benzene rings is 1. The standard InChI is InChI=1S/C29H46N2O4Si/c1-23(2)15-19-29(6,35-36(8,9)28(3,4)5)18-10-20-30-21-17-26(32)31(30)22-16-24-11-13-25(14-12-24)27(33)34-7/h11-14,23H,15-17,19-22H2,1-9H3. The van der Waals surface area contributed by atoms with E-state index in [0.29, 0.717) is 44.0 Å². The first-order chi connectivity index (χ1) is 16.7. The fraction of sp³-hybridized carbons (Fsp3) is 0.655. The molecule has 6 nitrogen and oxygen atoms in total. The van der Waals surface area contributed by atoms with Gasteiger partial charge < -0.3 is 9.16 Å². The van der Waals surface area contributed by atoms with Gasteiger partial charge in [0.25, 0.3) is 0 Å². The predicted octanol–water partition coefficient (Wildman–Crippen LogP) is 5.69. The molecule has 1 atom stereocenters. The van der Waals surface area contributed by atoms with Crippen LogP contribution in [0, 0.1) is 17.8 Å². The zero-order chi connectivity index (χ0) is 27.1.